The minimum Gasteiger partial charge on any atom is -0.465 e. The van der Waals surface area contributed by atoms with E-state index in [0.29, 0.717) is 13.2 Å². The topological polar surface area (TPSA) is 80.1 Å². The molecule has 2 rings (SSSR count). The zero-order chi connectivity index (χ0) is 14.5. The van der Waals surface area contributed by atoms with Crippen molar-refractivity contribution >= 4 is 5.97 Å². The van der Waals surface area contributed by atoms with E-state index in [0.717, 1.165) is 22.8 Å². The molecule has 2 heterocycles. The Kier molecular flexibility index (Phi) is 4.57. The fourth-order valence-corrected chi connectivity index (χ4v) is 1.84. The minimum atomic E-state index is -0.365. The van der Waals surface area contributed by atoms with Crippen LogP contribution in [0.25, 0.3) is 11.5 Å². The Morgan fingerprint density at radius 1 is 1.55 bits per heavy atom. The standard InChI is InChI=1S/C14H19N3O3/c1-4-19-14(18)10(3)15-7-11-8-16-17-13(11)12-6-5-9(2)20-12/h5-6,8,10,15H,4,7H2,1-3H3,(H,16,17). The summed E-state index contributed by atoms with van der Waals surface area (Å²) in [6.07, 6.45) is 1.72. The lowest BCUT2D eigenvalue weighted by Gasteiger charge is -2.12. The summed E-state index contributed by atoms with van der Waals surface area (Å²) < 4.78 is 10.5. The van der Waals surface area contributed by atoms with Gasteiger partial charge >= 0.3 is 5.97 Å². The molecule has 2 N–H and O–H groups in total. The predicted octanol–water partition coefficient (Wildman–Crippen LogP) is 2.02. The van der Waals surface area contributed by atoms with E-state index in [1.807, 2.05) is 19.1 Å². The molecule has 6 nitrogen and oxygen atoms in total. The SMILES string of the molecule is CCOC(=O)C(C)NCc1cn[nH]c1-c1ccc(C)o1. The van der Waals surface area contributed by atoms with Crippen molar-refractivity contribution in [1.82, 2.24) is 15.5 Å². The number of aromatic amines is 1. The molecule has 0 aliphatic rings. The van der Waals surface area contributed by atoms with Crippen LogP contribution in [0.1, 0.15) is 25.2 Å². The van der Waals surface area contributed by atoms with Gasteiger partial charge in [-0.25, -0.2) is 0 Å². The van der Waals surface area contributed by atoms with Gasteiger partial charge in [-0.2, -0.15) is 5.10 Å². The van der Waals surface area contributed by atoms with E-state index in [2.05, 4.69) is 15.5 Å². The zero-order valence-corrected chi connectivity index (χ0v) is 11.9. The fourth-order valence-electron chi connectivity index (χ4n) is 1.84. The van der Waals surface area contributed by atoms with Crippen molar-refractivity contribution in [2.75, 3.05) is 6.61 Å². The molecule has 0 spiro atoms. The van der Waals surface area contributed by atoms with Crippen LogP contribution in [0.3, 0.4) is 0 Å². The second-order valence-corrected chi connectivity index (χ2v) is 4.54. The average Bonchev–Trinajstić information content (AvgIpc) is 3.04. The summed E-state index contributed by atoms with van der Waals surface area (Å²) in [4.78, 5) is 11.5. The number of esters is 1. The van der Waals surface area contributed by atoms with Crippen LogP contribution in [0, 0.1) is 6.92 Å². The molecule has 0 amide bonds. The summed E-state index contributed by atoms with van der Waals surface area (Å²) in [6, 6.07) is 3.42. The molecule has 0 aromatic carbocycles. The molecule has 1 unspecified atom stereocenters. The Bertz CT molecular complexity index is 574. The molecule has 0 radical (unpaired) electrons. The molecule has 0 fully saturated rings. The summed E-state index contributed by atoms with van der Waals surface area (Å²) in [5.41, 5.74) is 1.76. The number of hydrogen-bond acceptors (Lipinski definition) is 5. The largest absolute Gasteiger partial charge is 0.465 e. The van der Waals surface area contributed by atoms with Gasteiger partial charge in [0.2, 0.25) is 0 Å². The van der Waals surface area contributed by atoms with E-state index in [1.54, 1.807) is 20.0 Å². The number of aryl methyl sites for hydroxylation is 1. The lowest BCUT2D eigenvalue weighted by molar-refractivity contribution is -0.145. The third-order valence-electron chi connectivity index (χ3n) is 2.94. The number of ether oxygens (including phenoxy) is 1. The Hall–Kier alpha value is -2.08. The van der Waals surface area contributed by atoms with E-state index >= 15 is 0 Å². The first-order chi connectivity index (χ1) is 9.61. The molecule has 2 aromatic heterocycles. The molecule has 0 saturated heterocycles. The van der Waals surface area contributed by atoms with E-state index in [-0.39, 0.29) is 12.0 Å². The van der Waals surface area contributed by atoms with Crippen molar-refractivity contribution < 1.29 is 13.9 Å². The van der Waals surface area contributed by atoms with E-state index < -0.39 is 0 Å². The summed E-state index contributed by atoms with van der Waals surface area (Å²) in [5, 5.41) is 10.0. The third-order valence-corrected chi connectivity index (χ3v) is 2.94. The number of nitrogens with one attached hydrogen (secondary N) is 2. The zero-order valence-electron chi connectivity index (χ0n) is 11.9. The molecule has 0 aliphatic carbocycles. The summed E-state index contributed by atoms with van der Waals surface area (Å²) in [6.45, 7) is 6.34. The number of rotatable bonds is 6. The van der Waals surface area contributed by atoms with Crippen LogP contribution in [0.4, 0.5) is 0 Å². The Balaban J connectivity index is 2.01. The van der Waals surface area contributed by atoms with E-state index in [9.17, 15) is 4.79 Å². The Morgan fingerprint density at radius 3 is 3.00 bits per heavy atom. The molecular formula is C14H19N3O3. The van der Waals surface area contributed by atoms with Crippen LogP contribution in [-0.4, -0.2) is 28.8 Å². The number of carbonyl (C=O) groups excluding carboxylic acids is 1. The maximum Gasteiger partial charge on any atom is 0.322 e. The van der Waals surface area contributed by atoms with Crippen molar-refractivity contribution in [2.45, 2.75) is 33.4 Å². The maximum absolute atomic E-state index is 11.5. The Labute approximate surface area is 117 Å². The lowest BCUT2D eigenvalue weighted by Crippen LogP contribution is -2.34. The monoisotopic (exact) mass is 277 g/mol. The summed E-state index contributed by atoms with van der Waals surface area (Å²) >= 11 is 0. The normalized spacial score (nSPS) is 12.3. The molecule has 6 heteroatoms. The van der Waals surface area contributed by atoms with Gasteiger partial charge in [0.05, 0.1) is 12.8 Å². The first-order valence-electron chi connectivity index (χ1n) is 6.61. The van der Waals surface area contributed by atoms with Crippen LogP contribution in [-0.2, 0) is 16.1 Å². The van der Waals surface area contributed by atoms with Gasteiger partial charge in [-0.3, -0.25) is 9.89 Å². The first-order valence-corrected chi connectivity index (χ1v) is 6.61. The molecule has 0 bridgehead atoms. The molecule has 2 aromatic rings. The highest BCUT2D eigenvalue weighted by molar-refractivity contribution is 5.75. The van der Waals surface area contributed by atoms with Crippen molar-refractivity contribution in [3.8, 4) is 11.5 Å². The predicted molar refractivity (Wildman–Crippen MR) is 74.0 cm³/mol. The number of aromatic nitrogens is 2. The molecule has 0 aliphatic heterocycles. The van der Waals surface area contributed by atoms with Gasteiger partial charge in [0, 0.05) is 12.1 Å². The number of H-pyrrole nitrogens is 1. The third kappa shape index (κ3) is 3.27. The van der Waals surface area contributed by atoms with Crippen LogP contribution in [0.5, 0.6) is 0 Å². The van der Waals surface area contributed by atoms with Crippen molar-refractivity contribution in [1.29, 1.82) is 0 Å². The smallest absolute Gasteiger partial charge is 0.322 e. The highest BCUT2D eigenvalue weighted by Gasteiger charge is 2.16. The van der Waals surface area contributed by atoms with Gasteiger partial charge in [0.1, 0.15) is 17.5 Å². The van der Waals surface area contributed by atoms with E-state index in [1.165, 1.54) is 0 Å². The quantitative estimate of drug-likeness (QED) is 0.790. The number of carbonyl (C=O) groups is 1. The number of furan rings is 1. The number of hydrogen-bond donors (Lipinski definition) is 2. The maximum atomic E-state index is 11.5. The first kappa shape index (κ1) is 14.3. The second kappa shape index (κ2) is 6.38. The van der Waals surface area contributed by atoms with Gasteiger partial charge in [0.25, 0.3) is 0 Å². The lowest BCUT2D eigenvalue weighted by atomic mass is 10.2. The molecule has 108 valence electrons. The van der Waals surface area contributed by atoms with Gasteiger partial charge in [0.15, 0.2) is 5.76 Å². The van der Waals surface area contributed by atoms with Crippen molar-refractivity contribution in [3.63, 3.8) is 0 Å². The van der Waals surface area contributed by atoms with Crippen LogP contribution < -0.4 is 5.32 Å². The summed E-state index contributed by atoms with van der Waals surface area (Å²) in [5.74, 6) is 1.32. The van der Waals surface area contributed by atoms with Crippen LogP contribution in [0.2, 0.25) is 0 Å². The molecule has 0 saturated carbocycles. The summed E-state index contributed by atoms with van der Waals surface area (Å²) in [7, 11) is 0. The molecule has 20 heavy (non-hydrogen) atoms. The second-order valence-electron chi connectivity index (χ2n) is 4.54. The van der Waals surface area contributed by atoms with Gasteiger partial charge in [-0.05, 0) is 32.9 Å². The van der Waals surface area contributed by atoms with Gasteiger partial charge in [-0.15, -0.1) is 0 Å². The van der Waals surface area contributed by atoms with Crippen molar-refractivity contribution in [3.05, 3.63) is 29.7 Å². The average molecular weight is 277 g/mol. The fraction of sp³-hybridized carbons (Fsp3) is 0.429. The minimum absolute atomic E-state index is 0.258. The van der Waals surface area contributed by atoms with Crippen LogP contribution >= 0.6 is 0 Å². The highest BCUT2D eigenvalue weighted by Crippen LogP contribution is 2.23. The highest BCUT2D eigenvalue weighted by atomic mass is 16.5. The van der Waals surface area contributed by atoms with Gasteiger partial charge in [-0.1, -0.05) is 0 Å². The molecule has 1 atom stereocenters. The van der Waals surface area contributed by atoms with Gasteiger partial charge < -0.3 is 14.5 Å². The number of nitrogens with zero attached hydrogens (tertiary/aromatic N) is 1. The molecular weight excluding hydrogens is 258 g/mol. The van der Waals surface area contributed by atoms with Crippen molar-refractivity contribution in [2.24, 2.45) is 0 Å². The van der Waals surface area contributed by atoms with Crippen LogP contribution in [0.15, 0.2) is 22.7 Å². The van der Waals surface area contributed by atoms with E-state index in [4.69, 9.17) is 9.15 Å². The Morgan fingerprint density at radius 2 is 2.35 bits per heavy atom.